The Kier molecular flexibility index (Phi) is 3.58. The fourth-order valence-corrected chi connectivity index (χ4v) is 1.87. The molecule has 6 nitrogen and oxygen atoms in total. The summed E-state index contributed by atoms with van der Waals surface area (Å²) in [5.74, 6) is 0.271. The molecule has 3 N–H and O–H groups in total. The number of hydrogen-bond donors (Lipinski definition) is 2. The van der Waals surface area contributed by atoms with Gasteiger partial charge in [-0.2, -0.15) is 4.37 Å². The first-order valence-electron chi connectivity index (χ1n) is 4.94. The van der Waals surface area contributed by atoms with Gasteiger partial charge in [-0.05, 0) is 19.1 Å². The second kappa shape index (κ2) is 5.15. The van der Waals surface area contributed by atoms with Crippen molar-refractivity contribution in [2.24, 2.45) is 5.73 Å². The molecule has 0 aliphatic heterocycles. The number of amides is 1. The second-order valence-corrected chi connectivity index (χ2v) is 4.59. The summed E-state index contributed by atoms with van der Waals surface area (Å²) >= 11 is 5.92. The van der Waals surface area contributed by atoms with Crippen molar-refractivity contribution in [2.45, 2.75) is 6.92 Å². The maximum atomic E-state index is 11.8. The van der Waals surface area contributed by atoms with Gasteiger partial charge in [0.2, 0.25) is 5.13 Å². The highest BCUT2D eigenvalue weighted by atomic mass is 32.1. The van der Waals surface area contributed by atoms with E-state index in [9.17, 15) is 4.79 Å². The highest BCUT2D eigenvalue weighted by molar-refractivity contribution is 7.80. The Bertz CT molecular complexity index is 593. The van der Waals surface area contributed by atoms with Crippen LogP contribution in [-0.4, -0.2) is 25.2 Å². The average Bonchev–Trinajstić information content (AvgIpc) is 2.75. The Labute approximate surface area is 112 Å². The molecule has 92 valence electrons. The molecule has 0 unspecified atom stereocenters. The lowest BCUT2D eigenvalue weighted by Gasteiger charge is -2.01. The molecule has 2 rings (SSSR count). The fourth-order valence-electron chi connectivity index (χ4n) is 1.18. The van der Waals surface area contributed by atoms with E-state index in [-0.39, 0.29) is 16.6 Å². The minimum Gasteiger partial charge on any atom is -0.389 e. The monoisotopic (exact) mass is 279 g/mol. The zero-order valence-corrected chi connectivity index (χ0v) is 11.0. The summed E-state index contributed by atoms with van der Waals surface area (Å²) in [6.45, 7) is 1.75. The van der Waals surface area contributed by atoms with Gasteiger partial charge in [0, 0.05) is 23.3 Å². The number of aryl methyl sites for hydroxylation is 1. The van der Waals surface area contributed by atoms with Gasteiger partial charge in [-0.15, -0.1) is 0 Å². The first-order chi connectivity index (χ1) is 8.56. The molecular weight excluding hydrogens is 270 g/mol. The lowest BCUT2D eigenvalue weighted by molar-refractivity contribution is 0.102. The van der Waals surface area contributed by atoms with E-state index in [1.54, 1.807) is 19.1 Å². The highest BCUT2D eigenvalue weighted by Gasteiger charge is 2.10. The maximum Gasteiger partial charge on any atom is 0.276 e. The molecule has 2 aromatic rings. The summed E-state index contributed by atoms with van der Waals surface area (Å²) in [6, 6.07) is 3.20. The van der Waals surface area contributed by atoms with Gasteiger partial charge in [-0.1, -0.05) is 12.2 Å². The van der Waals surface area contributed by atoms with Crippen molar-refractivity contribution < 1.29 is 4.79 Å². The quantitative estimate of drug-likeness (QED) is 0.818. The predicted octanol–water partition coefficient (Wildman–Crippen LogP) is 1.13. The molecule has 0 saturated carbocycles. The van der Waals surface area contributed by atoms with Gasteiger partial charge < -0.3 is 5.73 Å². The Morgan fingerprint density at radius 3 is 2.78 bits per heavy atom. The first-order valence-corrected chi connectivity index (χ1v) is 6.12. The summed E-state index contributed by atoms with van der Waals surface area (Å²) in [5, 5.41) is 3.05. The molecule has 18 heavy (non-hydrogen) atoms. The number of carbonyl (C=O) groups excluding carboxylic acids is 1. The number of nitrogens with one attached hydrogen (secondary N) is 1. The molecule has 0 radical (unpaired) electrons. The molecule has 0 fully saturated rings. The van der Waals surface area contributed by atoms with Crippen LogP contribution in [0.2, 0.25) is 0 Å². The summed E-state index contributed by atoms with van der Waals surface area (Å²) in [4.78, 5) is 20.1. The van der Waals surface area contributed by atoms with E-state index in [1.165, 1.54) is 6.20 Å². The van der Waals surface area contributed by atoms with Crippen LogP contribution in [0.3, 0.4) is 0 Å². The minimum atomic E-state index is -0.347. The number of anilines is 1. The van der Waals surface area contributed by atoms with E-state index in [0.717, 1.165) is 11.5 Å². The largest absolute Gasteiger partial charge is 0.389 e. The minimum absolute atomic E-state index is 0.245. The van der Waals surface area contributed by atoms with Crippen molar-refractivity contribution in [3.05, 3.63) is 35.4 Å². The van der Waals surface area contributed by atoms with Crippen LogP contribution in [0, 0.1) is 6.92 Å². The molecule has 0 saturated heterocycles. The molecule has 0 aromatic carbocycles. The Balaban J connectivity index is 2.11. The Morgan fingerprint density at radius 2 is 2.28 bits per heavy atom. The van der Waals surface area contributed by atoms with E-state index >= 15 is 0 Å². The molecule has 0 spiro atoms. The van der Waals surface area contributed by atoms with Crippen LogP contribution in [0.4, 0.5) is 5.13 Å². The molecule has 2 aromatic heterocycles. The van der Waals surface area contributed by atoms with E-state index in [1.807, 2.05) is 0 Å². The number of carbonyl (C=O) groups is 1. The standard InChI is InChI=1S/C10H9N5OS2/c1-5-13-10(18-15-5)14-9(16)7-3-2-6(4-12-7)8(11)17/h2-4H,1H3,(H2,11,17)(H,13,14,15,16). The van der Waals surface area contributed by atoms with Crippen molar-refractivity contribution in [3.8, 4) is 0 Å². The number of nitrogens with zero attached hydrogens (tertiary/aromatic N) is 3. The number of rotatable bonds is 3. The van der Waals surface area contributed by atoms with Gasteiger partial charge in [0.1, 0.15) is 16.5 Å². The lowest BCUT2D eigenvalue weighted by atomic mass is 10.2. The van der Waals surface area contributed by atoms with Gasteiger partial charge in [0.25, 0.3) is 5.91 Å². The van der Waals surface area contributed by atoms with Gasteiger partial charge >= 0.3 is 0 Å². The van der Waals surface area contributed by atoms with E-state index in [2.05, 4.69) is 19.7 Å². The van der Waals surface area contributed by atoms with E-state index in [0.29, 0.717) is 16.5 Å². The number of thiocarbonyl (C=S) groups is 1. The molecule has 0 aliphatic rings. The summed E-state index contributed by atoms with van der Waals surface area (Å²) < 4.78 is 3.96. The van der Waals surface area contributed by atoms with E-state index < -0.39 is 0 Å². The molecule has 0 aliphatic carbocycles. The highest BCUT2D eigenvalue weighted by Crippen LogP contribution is 2.11. The number of nitrogens with two attached hydrogens (primary N) is 1. The topological polar surface area (TPSA) is 93.8 Å². The smallest absolute Gasteiger partial charge is 0.276 e. The number of hydrogen-bond acceptors (Lipinski definition) is 6. The van der Waals surface area contributed by atoms with Crippen LogP contribution in [0.15, 0.2) is 18.3 Å². The first kappa shape index (κ1) is 12.5. The third-order valence-corrected chi connectivity index (χ3v) is 2.99. The van der Waals surface area contributed by atoms with Crippen LogP contribution in [-0.2, 0) is 0 Å². The van der Waals surface area contributed by atoms with Crippen LogP contribution < -0.4 is 11.1 Å². The zero-order chi connectivity index (χ0) is 13.1. The van der Waals surface area contributed by atoms with Crippen molar-refractivity contribution in [1.29, 1.82) is 0 Å². The average molecular weight is 279 g/mol. The van der Waals surface area contributed by atoms with Crippen molar-refractivity contribution in [3.63, 3.8) is 0 Å². The summed E-state index contributed by atoms with van der Waals surface area (Å²) in [7, 11) is 0. The third kappa shape index (κ3) is 2.84. The van der Waals surface area contributed by atoms with E-state index in [4.69, 9.17) is 18.0 Å². The summed E-state index contributed by atoms with van der Waals surface area (Å²) in [6.07, 6.45) is 1.46. The fraction of sp³-hybridized carbons (Fsp3) is 0.100. The molecule has 1 amide bonds. The van der Waals surface area contributed by atoms with Gasteiger partial charge in [0.15, 0.2) is 0 Å². The van der Waals surface area contributed by atoms with Gasteiger partial charge in [-0.3, -0.25) is 15.1 Å². The van der Waals surface area contributed by atoms with Crippen LogP contribution in [0.5, 0.6) is 0 Å². The normalized spacial score (nSPS) is 10.1. The third-order valence-electron chi connectivity index (χ3n) is 2.03. The molecule has 0 atom stereocenters. The van der Waals surface area contributed by atoms with Crippen LogP contribution in [0.25, 0.3) is 0 Å². The molecule has 2 heterocycles. The van der Waals surface area contributed by atoms with Crippen molar-refractivity contribution >= 4 is 39.8 Å². The van der Waals surface area contributed by atoms with Crippen LogP contribution >= 0.6 is 23.8 Å². The van der Waals surface area contributed by atoms with Gasteiger partial charge in [-0.25, -0.2) is 4.98 Å². The van der Waals surface area contributed by atoms with Crippen molar-refractivity contribution in [1.82, 2.24) is 14.3 Å². The number of aromatic nitrogens is 3. The number of pyridine rings is 1. The second-order valence-electron chi connectivity index (χ2n) is 3.40. The van der Waals surface area contributed by atoms with Crippen molar-refractivity contribution in [2.75, 3.05) is 5.32 Å². The van der Waals surface area contributed by atoms with Gasteiger partial charge in [0.05, 0.1) is 0 Å². The maximum absolute atomic E-state index is 11.8. The molecule has 0 bridgehead atoms. The molecule has 8 heteroatoms. The Hall–Kier alpha value is -1.93. The Morgan fingerprint density at radius 1 is 1.50 bits per heavy atom. The molecular formula is C10H9N5OS2. The SMILES string of the molecule is Cc1nsc(NC(=O)c2ccc(C(N)=S)cn2)n1. The predicted molar refractivity (Wildman–Crippen MR) is 72.7 cm³/mol. The lowest BCUT2D eigenvalue weighted by Crippen LogP contribution is -2.15. The summed E-state index contributed by atoms with van der Waals surface area (Å²) in [5.41, 5.74) is 6.33. The van der Waals surface area contributed by atoms with Crippen LogP contribution in [0.1, 0.15) is 21.9 Å². The zero-order valence-electron chi connectivity index (χ0n) is 9.38.